The molecule has 1 heterocycles. The third-order valence-electron chi connectivity index (χ3n) is 5.14. The van der Waals surface area contributed by atoms with Crippen LogP contribution in [-0.2, 0) is 14.9 Å². The van der Waals surface area contributed by atoms with Crippen LogP contribution in [-0.4, -0.2) is 32.3 Å². The van der Waals surface area contributed by atoms with Crippen LogP contribution in [0.5, 0.6) is 5.75 Å². The van der Waals surface area contributed by atoms with Gasteiger partial charge in [0.05, 0.1) is 6.61 Å². The van der Waals surface area contributed by atoms with E-state index in [0.717, 1.165) is 12.8 Å². The van der Waals surface area contributed by atoms with Crippen LogP contribution < -0.4 is 10.1 Å². The van der Waals surface area contributed by atoms with Crippen molar-refractivity contribution < 1.29 is 18.7 Å². The summed E-state index contributed by atoms with van der Waals surface area (Å²) in [4.78, 5) is 12.3. The molecule has 150 valence electrons. The molecule has 1 N–H and O–H groups in total. The number of nitrogens with one attached hydrogen (secondary N) is 1. The number of carbonyl (C=O) groups is 1. The minimum Gasteiger partial charge on any atom is -0.493 e. The van der Waals surface area contributed by atoms with E-state index >= 15 is 0 Å². The zero-order valence-electron chi connectivity index (χ0n) is 15.8. The van der Waals surface area contributed by atoms with E-state index in [9.17, 15) is 9.18 Å². The predicted octanol–water partition coefficient (Wildman–Crippen LogP) is 4.50. The summed E-state index contributed by atoms with van der Waals surface area (Å²) in [6.07, 6.45) is 2.65. The minimum atomic E-state index is -0.334. The first-order chi connectivity index (χ1) is 13.6. The van der Waals surface area contributed by atoms with Crippen LogP contribution in [0.25, 0.3) is 0 Å². The average molecular weight is 406 g/mol. The molecule has 3 rings (SSSR count). The van der Waals surface area contributed by atoms with Crippen LogP contribution in [0.15, 0.2) is 48.5 Å². The van der Waals surface area contributed by atoms with Gasteiger partial charge in [0.25, 0.3) is 0 Å². The first-order valence-electron chi connectivity index (χ1n) is 9.56. The summed E-state index contributed by atoms with van der Waals surface area (Å²) < 4.78 is 24.1. The molecule has 6 heteroatoms. The molecular weight excluding hydrogens is 381 g/mol. The van der Waals surface area contributed by atoms with Crippen LogP contribution in [0.4, 0.5) is 4.39 Å². The molecule has 1 saturated heterocycles. The van der Waals surface area contributed by atoms with Crippen molar-refractivity contribution in [1.29, 1.82) is 0 Å². The van der Waals surface area contributed by atoms with Gasteiger partial charge >= 0.3 is 0 Å². The number of halogens is 2. The van der Waals surface area contributed by atoms with Gasteiger partial charge in [0.15, 0.2) is 0 Å². The second-order valence-corrected chi connectivity index (χ2v) is 7.52. The van der Waals surface area contributed by atoms with E-state index in [-0.39, 0.29) is 17.1 Å². The smallest absolute Gasteiger partial charge is 0.220 e. The molecule has 1 fully saturated rings. The SMILES string of the molecule is O=C(CCCOc1cccc(F)c1)NCC1(c2ccc(Cl)cc2)CCOCC1. The van der Waals surface area contributed by atoms with E-state index < -0.39 is 0 Å². The fraction of sp³-hybridized carbons (Fsp3) is 0.409. The van der Waals surface area contributed by atoms with E-state index in [1.807, 2.05) is 24.3 Å². The third-order valence-corrected chi connectivity index (χ3v) is 5.40. The average Bonchev–Trinajstić information content (AvgIpc) is 2.71. The summed E-state index contributed by atoms with van der Waals surface area (Å²) in [7, 11) is 0. The summed E-state index contributed by atoms with van der Waals surface area (Å²) >= 11 is 6.02. The highest BCUT2D eigenvalue weighted by molar-refractivity contribution is 6.30. The number of amides is 1. The van der Waals surface area contributed by atoms with Crippen LogP contribution >= 0.6 is 11.6 Å². The zero-order chi connectivity index (χ0) is 19.8. The van der Waals surface area contributed by atoms with E-state index in [1.54, 1.807) is 12.1 Å². The predicted molar refractivity (Wildman–Crippen MR) is 107 cm³/mol. The summed E-state index contributed by atoms with van der Waals surface area (Å²) in [6, 6.07) is 13.8. The highest BCUT2D eigenvalue weighted by Crippen LogP contribution is 2.34. The Morgan fingerprint density at radius 2 is 1.93 bits per heavy atom. The number of hydrogen-bond donors (Lipinski definition) is 1. The van der Waals surface area contributed by atoms with Crippen molar-refractivity contribution in [1.82, 2.24) is 5.32 Å². The Morgan fingerprint density at radius 1 is 1.18 bits per heavy atom. The Morgan fingerprint density at radius 3 is 2.64 bits per heavy atom. The standard InChI is InChI=1S/C22H25ClFNO3/c23-18-8-6-17(7-9-18)22(10-13-27-14-11-22)16-25-21(26)5-2-12-28-20-4-1-3-19(24)15-20/h1,3-4,6-9,15H,2,5,10-14,16H2,(H,25,26). The van der Waals surface area contributed by atoms with Gasteiger partial charge in [-0.25, -0.2) is 4.39 Å². The van der Waals surface area contributed by atoms with Crippen molar-refractivity contribution >= 4 is 17.5 Å². The number of benzene rings is 2. The Labute approximate surface area is 170 Å². The zero-order valence-corrected chi connectivity index (χ0v) is 16.5. The fourth-order valence-electron chi connectivity index (χ4n) is 3.47. The normalized spacial score (nSPS) is 15.8. The van der Waals surface area contributed by atoms with Gasteiger partial charge in [-0.2, -0.15) is 0 Å². The van der Waals surface area contributed by atoms with Crippen molar-refractivity contribution in [3.63, 3.8) is 0 Å². The van der Waals surface area contributed by atoms with Crippen molar-refractivity contribution in [2.45, 2.75) is 31.1 Å². The quantitative estimate of drug-likeness (QED) is 0.657. The maximum Gasteiger partial charge on any atom is 0.220 e. The van der Waals surface area contributed by atoms with Crippen molar-refractivity contribution in [2.24, 2.45) is 0 Å². The van der Waals surface area contributed by atoms with Gasteiger partial charge in [-0.3, -0.25) is 4.79 Å². The molecule has 1 aliphatic rings. The lowest BCUT2D eigenvalue weighted by Gasteiger charge is -2.38. The molecule has 0 aliphatic carbocycles. The number of rotatable bonds is 8. The van der Waals surface area contributed by atoms with Gasteiger partial charge < -0.3 is 14.8 Å². The number of hydrogen-bond acceptors (Lipinski definition) is 3. The van der Waals surface area contributed by atoms with Crippen molar-refractivity contribution in [3.05, 3.63) is 64.9 Å². The first kappa shape index (κ1) is 20.6. The molecule has 0 bridgehead atoms. The van der Waals surface area contributed by atoms with Crippen LogP contribution in [0, 0.1) is 5.82 Å². The molecule has 2 aromatic rings. The lowest BCUT2D eigenvalue weighted by molar-refractivity contribution is -0.121. The van der Waals surface area contributed by atoms with E-state index in [2.05, 4.69) is 5.32 Å². The number of carbonyl (C=O) groups excluding carboxylic acids is 1. The highest BCUT2D eigenvalue weighted by atomic mass is 35.5. The molecule has 1 aliphatic heterocycles. The van der Waals surface area contributed by atoms with Gasteiger partial charge in [-0.05, 0) is 49.1 Å². The van der Waals surface area contributed by atoms with E-state index in [4.69, 9.17) is 21.1 Å². The van der Waals surface area contributed by atoms with E-state index in [1.165, 1.54) is 17.7 Å². The van der Waals surface area contributed by atoms with Crippen LogP contribution in [0.2, 0.25) is 5.02 Å². The van der Waals surface area contributed by atoms with Gasteiger partial charge in [0.1, 0.15) is 11.6 Å². The molecule has 0 saturated carbocycles. The van der Waals surface area contributed by atoms with Gasteiger partial charge in [-0.15, -0.1) is 0 Å². The number of ether oxygens (including phenoxy) is 2. The second kappa shape index (κ2) is 9.89. The molecular formula is C22H25ClFNO3. The summed E-state index contributed by atoms with van der Waals surface area (Å²) in [5.74, 6) is 0.131. The molecule has 0 radical (unpaired) electrons. The molecule has 2 aromatic carbocycles. The molecule has 28 heavy (non-hydrogen) atoms. The molecule has 0 atom stereocenters. The highest BCUT2D eigenvalue weighted by Gasteiger charge is 2.34. The van der Waals surface area contributed by atoms with Gasteiger partial charge in [-0.1, -0.05) is 29.8 Å². The Bertz CT molecular complexity index is 776. The molecule has 4 nitrogen and oxygen atoms in total. The second-order valence-electron chi connectivity index (χ2n) is 7.09. The lowest BCUT2D eigenvalue weighted by Crippen LogP contribution is -2.44. The van der Waals surface area contributed by atoms with Crippen LogP contribution in [0.3, 0.4) is 0 Å². The lowest BCUT2D eigenvalue weighted by atomic mass is 9.74. The van der Waals surface area contributed by atoms with Gasteiger partial charge in [0.2, 0.25) is 5.91 Å². The van der Waals surface area contributed by atoms with Crippen molar-refractivity contribution in [2.75, 3.05) is 26.4 Å². The maximum absolute atomic E-state index is 13.1. The summed E-state index contributed by atoms with van der Waals surface area (Å²) in [6.45, 7) is 2.30. The summed E-state index contributed by atoms with van der Waals surface area (Å²) in [5.41, 5.74) is 1.05. The largest absolute Gasteiger partial charge is 0.493 e. The molecule has 1 amide bonds. The molecule has 0 spiro atoms. The first-order valence-corrected chi connectivity index (χ1v) is 9.94. The Kier molecular flexibility index (Phi) is 7.29. The van der Waals surface area contributed by atoms with Gasteiger partial charge in [0, 0.05) is 42.7 Å². The molecule has 0 unspecified atom stereocenters. The Hall–Kier alpha value is -2.11. The summed E-state index contributed by atoms with van der Waals surface area (Å²) in [5, 5.41) is 3.77. The fourth-order valence-corrected chi connectivity index (χ4v) is 3.59. The third kappa shape index (κ3) is 5.69. The topological polar surface area (TPSA) is 47.6 Å². The van der Waals surface area contributed by atoms with Crippen LogP contribution in [0.1, 0.15) is 31.2 Å². The maximum atomic E-state index is 13.1. The Balaban J connectivity index is 1.47. The monoisotopic (exact) mass is 405 g/mol. The minimum absolute atomic E-state index is 0.0114. The molecule has 0 aromatic heterocycles. The van der Waals surface area contributed by atoms with Crippen molar-refractivity contribution in [3.8, 4) is 5.75 Å². The van der Waals surface area contributed by atoms with E-state index in [0.29, 0.717) is 50.0 Å².